The third-order valence-corrected chi connectivity index (χ3v) is 6.02. The normalized spacial score (nSPS) is 21.5. The topological polar surface area (TPSA) is 121 Å². The van der Waals surface area contributed by atoms with Gasteiger partial charge in [0.25, 0.3) is 5.91 Å². The highest BCUT2D eigenvalue weighted by molar-refractivity contribution is 6.07. The summed E-state index contributed by atoms with van der Waals surface area (Å²) in [6.45, 7) is 3.15. The molecule has 2 aromatic rings. The Morgan fingerprint density at radius 2 is 2.16 bits per heavy atom. The molecule has 1 saturated heterocycles. The maximum atomic E-state index is 13.0. The van der Waals surface area contributed by atoms with Gasteiger partial charge in [0.15, 0.2) is 5.60 Å². The van der Waals surface area contributed by atoms with E-state index in [1.54, 1.807) is 43.0 Å². The van der Waals surface area contributed by atoms with E-state index in [0.717, 1.165) is 5.69 Å². The predicted molar refractivity (Wildman–Crippen MR) is 116 cm³/mol. The van der Waals surface area contributed by atoms with E-state index < -0.39 is 23.5 Å². The smallest absolute Gasteiger partial charge is 0.414 e. The summed E-state index contributed by atoms with van der Waals surface area (Å²) >= 11 is 0. The molecule has 0 unspecified atom stereocenters. The average molecular weight is 441 g/mol. The number of carbonyl (C=O) groups is 2. The lowest BCUT2D eigenvalue weighted by molar-refractivity contribution is -0.139. The number of fused-ring (bicyclic) bond motifs is 1. The van der Waals surface area contributed by atoms with Crippen molar-refractivity contribution >= 4 is 23.4 Å². The molecule has 2 aliphatic rings. The lowest BCUT2D eigenvalue weighted by Crippen LogP contribution is -2.43. The Labute approximate surface area is 185 Å². The minimum atomic E-state index is -1.73. The summed E-state index contributed by atoms with van der Waals surface area (Å²) in [6, 6.07) is 5.20. The van der Waals surface area contributed by atoms with Crippen LogP contribution in [-0.4, -0.2) is 64.0 Å². The van der Waals surface area contributed by atoms with E-state index in [1.807, 2.05) is 12.2 Å². The summed E-state index contributed by atoms with van der Waals surface area (Å²) in [5.41, 5.74) is 0.682. The number of cyclic esters (lactones) is 1. The molecule has 2 amide bonds. The van der Waals surface area contributed by atoms with Gasteiger partial charge in [-0.2, -0.15) is 0 Å². The number of amides is 2. The highest BCUT2D eigenvalue weighted by atomic mass is 16.6. The van der Waals surface area contributed by atoms with Crippen molar-refractivity contribution in [2.24, 2.45) is 5.92 Å². The number of nitrogens with zero attached hydrogens (tertiary/aromatic N) is 5. The first-order valence-corrected chi connectivity index (χ1v) is 10.6. The van der Waals surface area contributed by atoms with Crippen molar-refractivity contribution in [3.05, 3.63) is 47.8 Å². The monoisotopic (exact) mass is 441 g/mol. The second-order valence-corrected chi connectivity index (χ2v) is 8.05. The zero-order chi connectivity index (χ0) is 22.9. The Bertz CT molecular complexity index is 1050. The van der Waals surface area contributed by atoms with Crippen LogP contribution in [0.2, 0.25) is 0 Å². The molecule has 0 spiro atoms. The van der Waals surface area contributed by atoms with Crippen molar-refractivity contribution in [1.29, 1.82) is 0 Å². The van der Waals surface area contributed by atoms with Crippen LogP contribution in [0.25, 0.3) is 0 Å². The van der Waals surface area contributed by atoms with Crippen LogP contribution in [0, 0.1) is 5.92 Å². The summed E-state index contributed by atoms with van der Waals surface area (Å²) in [7, 11) is 1.63. The summed E-state index contributed by atoms with van der Waals surface area (Å²) < 4.78 is 6.70. The molecule has 32 heavy (non-hydrogen) atoms. The number of allylic oxidation sites excluding steroid dienone is 1. The van der Waals surface area contributed by atoms with E-state index in [2.05, 4.69) is 10.3 Å². The molecule has 2 atom stereocenters. The summed E-state index contributed by atoms with van der Waals surface area (Å²) in [4.78, 5) is 27.9. The first-order chi connectivity index (χ1) is 15.4. The second-order valence-electron chi connectivity index (χ2n) is 8.05. The highest BCUT2D eigenvalue weighted by Crippen LogP contribution is 2.46. The lowest BCUT2D eigenvalue weighted by atomic mass is 9.82. The van der Waals surface area contributed by atoms with Crippen molar-refractivity contribution in [3.8, 4) is 0 Å². The van der Waals surface area contributed by atoms with Gasteiger partial charge in [-0.15, -0.1) is 5.10 Å². The molecule has 3 heterocycles. The zero-order valence-corrected chi connectivity index (χ0v) is 18.1. The van der Waals surface area contributed by atoms with Crippen LogP contribution in [0.15, 0.2) is 36.5 Å². The van der Waals surface area contributed by atoms with Crippen LogP contribution in [0.1, 0.15) is 24.6 Å². The fraction of sp³-hybridized carbons (Fsp3) is 0.455. The summed E-state index contributed by atoms with van der Waals surface area (Å²) in [6.07, 6.45) is 6.18. The van der Waals surface area contributed by atoms with Crippen LogP contribution < -0.4 is 9.80 Å². The van der Waals surface area contributed by atoms with Gasteiger partial charge in [-0.25, -0.2) is 4.79 Å². The van der Waals surface area contributed by atoms with Crippen LogP contribution in [-0.2, 0) is 28.1 Å². The molecule has 4 rings (SSSR count). The number of carbonyl (C=O) groups excluding carboxylic acids is 2. The summed E-state index contributed by atoms with van der Waals surface area (Å²) in [5.74, 6) is -0.907. The standard InChI is InChI=1S/C22H27N5O5/c1-15(5-3-4-9-26-14-16(8-11-28)23-24-26)22(31)18-13-17(27-10-12-32-21(27)30)6-7-19(18)25(2)20(22)29/h3,5-7,13-15,28,31H,4,8-12H2,1-2H3/b5-3+/t15-,22+/m0/s1. The highest BCUT2D eigenvalue weighted by Gasteiger charge is 2.51. The van der Waals surface area contributed by atoms with Gasteiger partial charge in [-0.05, 0) is 24.6 Å². The van der Waals surface area contributed by atoms with E-state index in [-0.39, 0.29) is 6.61 Å². The number of rotatable bonds is 8. The van der Waals surface area contributed by atoms with Gasteiger partial charge in [-0.1, -0.05) is 24.3 Å². The number of likely N-dealkylation sites (N-methyl/N-ethyl adjacent to an activating group) is 1. The number of benzene rings is 1. The quantitative estimate of drug-likeness (QED) is 0.591. The lowest BCUT2D eigenvalue weighted by Gasteiger charge is -2.27. The van der Waals surface area contributed by atoms with Crippen molar-refractivity contribution in [2.45, 2.75) is 31.9 Å². The van der Waals surface area contributed by atoms with Crippen molar-refractivity contribution in [3.63, 3.8) is 0 Å². The first kappa shape index (κ1) is 22.0. The molecule has 1 aromatic carbocycles. The molecule has 2 N–H and O–H groups in total. The predicted octanol–water partition coefficient (Wildman–Crippen LogP) is 1.22. The molecule has 0 saturated carbocycles. The van der Waals surface area contributed by atoms with Crippen LogP contribution in [0.5, 0.6) is 0 Å². The van der Waals surface area contributed by atoms with Crippen molar-refractivity contribution < 1.29 is 24.5 Å². The third kappa shape index (κ3) is 3.76. The molecule has 10 nitrogen and oxygen atoms in total. The number of anilines is 2. The Morgan fingerprint density at radius 3 is 2.88 bits per heavy atom. The Balaban J connectivity index is 1.51. The molecular weight excluding hydrogens is 414 g/mol. The molecular formula is C22H27N5O5. The average Bonchev–Trinajstić information content (AvgIpc) is 3.47. The molecule has 2 aliphatic heterocycles. The van der Waals surface area contributed by atoms with Gasteiger partial charge in [0, 0.05) is 50.0 Å². The molecule has 10 heteroatoms. The number of ether oxygens (including phenoxy) is 1. The number of aromatic nitrogens is 3. The Hall–Kier alpha value is -3.24. The molecule has 170 valence electrons. The van der Waals surface area contributed by atoms with E-state index in [4.69, 9.17) is 9.84 Å². The fourth-order valence-electron chi connectivity index (χ4n) is 4.16. The summed E-state index contributed by atoms with van der Waals surface area (Å²) in [5, 5.41) is 28.5. The number of hydrogen-bond donors (Lipinski definition) is 2. The number of hydrogen-bond acceptors (Lipinski definition) is 7. The Kier molecular flexibility index (Phi) is 5.98. The number of aliphatic hydroxyl groups excluding tert-OH is 1. The van der Waals surface area contributed by atoms with E-state index in [9.17, 15) is 14.7 Å². The molecule has 0 radical (unpaired) electrons. The SMILES string of the molecule is C[C@@H](/C=C/CCn1cc(CCO)nn1)[C@]1(O)C(=O)N(C)c2ccc(N3CCOC3=O)cc21. The Morgan fingerprint density at radius 1 is 1.34 bits per heavy atom. The van der Waals surface area contributed by atoms with E-state index in [0.29, 0.717) is 49.5 Å². The van der Waals surface area contributed by atoms with Crippen LogP contribution in [0.3, 0.4) is 0 Å². The second kappa shape index (κ2) is 8.71. The number of aliphatic hydroxyl groups is 2. The minimum Gasteiger partial charge on any atom is -0.447 e. The van der Waals surface area contributed by atoms with E-state index in [1.165, 1.54) is 9.80 Å². The first-order valence-electron chi connectivity index (χ1n) is 10.6. The van der Waals surface area contributed by atoms with Gasteiger partial charge in [0.1, 0.15) is 6.61 Å². The third-order valence-electron chi connectivity index (χ3n) is 6.02. The zero-order valence-electron chi connectivity index (χ0n) is 18.1. The molecule has 1 fully saturated rings. The number of aryl methyl sites for hydroxylation is 1. The van der Waals surface area contributed by atoms with Gasteiger partial charge in [0.2, 0.25) is 0 Å². The minimum absolute atomic E-state index is 0.0271. The van der Waals surface area contributed by atoms with Crippen LogP contribution in [0.4, 0.5) is 16.2 Å². The maximum absolute atomic E-state index is 13.0. The fourth-order valence-corrected chi connectivity index (χ4v) is 4.16. The van der Waals surface area contributed by atoms with Gasteiger partial charge >= 0.3 is 6.09 Å². The largest absolute Gasteiger partial charge is 0.447 e. The van der Waals surface area contributed by atoms with Crippen LogP contribution >= 0.6 is 0 Å². The van der Waals surface area contributed by atoms with Gasteiger partial charge < -0.3 is 19.8 Å². The maximum Gasteiger partial charge on any atom is 0.414 e. The molecule has 1 aromatic heterocycles. The van der Waals surface area contributed by atoms with Gasteiger partial charge in [0.05, 0.1) is 17.9 Å². The molecule has 0 aliphatic carbocycles. The molecule has 0 bridgehead atoms. The van der Waals surface area contributed by atoms with E-state index >= 15 is 0 Å². The van der Waals surface area contributed by atoms with Crippen molar-refractivity contribution in [1.82, 2.24) is 15.0 Å². The van der Waals surface area contributed by atoms with Crippen molar-refractivity contribution in [2.75, 3.05) is 36.6 Å². The van der Waals surface area contributed by atoms with Gasteiger partial charge in [-0.3, -0.25) is 14.4 Å².